The Morgan fingerprint density at radius 1 is 1.39 bits per heavy atom. The Morgan fingerprint density at radius 3 is 2.67 bits per heavy atom. The fourth-order valence-electron chi connectivity index (χ4n) is 1.81. The van der Waals surface area contributed by atoms with Crippen LogP contribution in [0.1, 0.15) is 12.5 Å². The largest absolute Gasteiger partial charge is 0.481 e. The molecule has 92 valence electrons. The normalized spacial score (nSPS) is 18.8. The van der Waals surface area contributed by atoms with Crippen LogP contribution in [0.5, 0.6) is 0 Å². The highest BCUT2D eigenvalue weighted by Crippen LogP contribution is 2.23. The molecule has 0 saturated carbocycles. The van der Waals surface area contributed by atoms with Crippen LogP contribution in [0.25, 0.3) is 6.08 Å². The summed E-state index contributed by atoms with van der Waals surface area (Å²) < 4.78 is 5.25. The fraction of sp³-hybridized carbons (Fsp3) is 0.214. The molecule has 18 heavy (non-hydrogen) atoms. The van der Waals surface area contributed by atoms with Crippen LogP contribution in [0.2, 0.25) is 0 Å². The van der Waals surface area contributed by atoms with Crippen LogP contribution >= 0.6 is 0 Å². The van der Waals surface area contributed by atoms with Crippen molar-refractivity contribution in [1.29, 1.82) is 5.26 Å². The van der Waals surface area contributed by atoms with Gasteiger partial charge < -0.3 is 4.74 Å². The highest BCUT2D eigenvalue weighted by Gasteiger charge is 2.24. The monoisotopic (exact) mass is 241 g/mol. The molecule has 1 atom stereocenters. The van der Waals surface area contributed by atoms with Crippen LogP contribution in [-0.4, -0.2) is 13.2 Å². The summed E-state index contributed by atoms with van der Waals surface area (Å²) >= 11 is 0. The van der Waals surface area contributed by atoms with Gasteiger partial charge in [-0.2, -0.15) is 5.26 Å². The second kappa shape index (κ2) is 5.39. The number of hydrazine groups is 1. The number of nitriles is 1. The minimum absolute atomic E-state index is 0.352. The highest BCUT2D eigenvalue weighted by atomic mass is 16.5. The fourth-order valence-corrected chi connectivity index (χ4v) is 1.81. The Morgan fingerprint density at radius 2 is 2.11 bits per heavy atom. The molecule has 1 aliphatic heterocycles. The van der Waals surface area contributed by atoms with Gasteiger partial charge in [-0.1, -0.05) is 24.3 Å². The van der Waals surface area contributed by atoms with Gasteiger partial charge in [-0.05, 0) is 24.6 Å². The minimum Gasteiger partial charge on any atom is -0.481 e. The first-order chi connectivity index (χ1) is 8.78. The van der Waals surface area contributed by atoms with E-state index in [4.69, 9.17) is 10.00 Å². The first-order valence-electron chi connectivity index (χ1n) is 5.73. The summed E-state index contributed by atoms with van der Waals surface area (Å²) in [5.74, 6) is 0.639. The van der Waals surface area contributed by atoms with Crippen molar-refractivity contribution < 1.29 is 4.74 Å². The van der Waals surface area contributed by atoms with Crippen molar-refractivity contribution in [1.82, 2.24) is 5.43 Å². The third-order valence-electron chi connectivity index (χ3n) is 2.66. The van der Waals surface area contributed by atoms with Gasteiger partial charge in [0.05, 0.1) is 18.9 Å². The van der Waals surface area contributed by atoms with Crippen molar-refractivity contribution >= 4 is 11.8 Å². The van der Waals surface area contributed by atoms with Gasteiger partial charge in [0, 0.05) is 6.08 Å². The molecule has 1 N–H and O–H groups in total. The van der Waals surface area contributed by atoms with Gasteiger partial charge in [-0.25, -0.2) is 10.4 Å². The molecule has 1 aliphatic rings. The predicted molar refractivity (Wildman–Crippen MR) is 71.3 cm³/mol. The topological polar surface area (TPSA) is 48.3 Å². The number of methoxy groups -OCH3 is 1. The average molecular weight is 241 g/mol. The lowest BCUT2D eigenvalue weighted by molar-refractivity contribution is 0.279. The van der Waals surface area contributed by atoms with E-state index in [0.717, 1.165) is 11.3 Å². The van der Waals surface area contributed by atoms with E-state index < -0.39 is 0 Å². The molecule has 0 saturated heterocycles. The van der Waals surface area contributed by atoms with Crippen molar-refractivity contribution in [3.05, 3.63) is 47.9 Å². The number of rotatable bonds is 3. The van der Waals surface area contributed by atoms with Crippen LogP contribution in [0, 0.1) is 11.3 Å². The van der Waals surface area contributed by atoms with E-state index in [1.165, 1.54) is 0 Å². The van der Waals surface area contributed by atoms with E-state index in [9.17, 15) is 0 Å². The van der Waals surface area contributed by atoms with Gasteiger partial charge in [-0.3, -0.25) is 0 Å². The Labute approximate surface area is 107 Å². The first kappa shape index (κ1) is 12.2. The summed E-state index contributed by atoms with van der Waals surface area (Å²) in [6, 6.07) is 9.79. The number of ether oxygens (including phenoxy) is 1. The van der Waals surface area contributed by atoms with Gasteiger partial charge in [0.2, 0.25) is 5.88 Å². The molecule has 0 amide bonds. The predicted octanol–water partition coefficient (Wildman–Crippen LogP) is 2.42. The number of anilines is 1. The SMILES string of the molecule is C/C=C\c1ccc(N2NC(C#N)C=C2OC)cc1. The summed E-state index contributed by atoms with van der Waals surface area (Å²) in [5.41, 5.74) is 5.12. The maximum Gasteiger partial charge on any atom is 0.207 e. The Balaban J connectivity index is 2.22. The zero-order chi connectivity index (χ0) is 13.0. The minimum atomic E-state index is -0.352. The molecule has 0 bridgehead atoms. The summed E-state index contributed by atoms with van der Waals surface area (Å²) in [6.07, 6.45) is 5.78. The lowest BCUT2D eigenvalue weighted by Gasteiger charge is -2.21. The molecule has 1 aromatic carbocycles. The molecule has 4 nitrogen and oxygen atoms in total. The van der Waals surface area contributed by atoms with Crippen LogP contribution in [0.15, 0.2) is 42.3 Å². The van der Waals surface area contributed by atoms with Gasteiger partial charge in [0.25, 0.3) is 0 Å². The Hall–Kier alpha value is -2.25. The number of nitrogens with one attached hydrogen (secondary N) is 1. The first-order valence-corrected chi connectivity index (χ1v) is 5.73. The maximum atomic E-state index is 8.91. The van der Waals surface area contributed by atoms with Crippen LogP contribution in [0.4, 0.5) is 5.69 Å². The standard InChI is InChI=1S/C14H15N3O/c1-3-4-11-5-7-13(8-6-11)17-14(18-2)9-12(10-15)16-17/h3-9,12,16H,1-2H3/b4-3-. The Kier molecular flexibility index (Phi) is 3.66. The van der Waals surface area contributed by atoms with Crippen molar-refractivity contribution in [2.75, 3.05) is 12.1 Å². The van der Waals surface area contributed by atoms with Crippen molar-refractivity contribution in [3.63, 3.8) is 0 Å². The molecule has 0 aliphatic carbocycles. The number of hydrogen-bond donors (Lipinski definition) is 1. The van der Waals surface area contributed by atoms with E-state index in [2.05, 4.69) is 11.5 Å². The average Bonchev–Trinajstić information content (AvgIpc) is 2.83. The molecule has 0 spiro atoms. The molecule has 1 heterocycles. The molecule has 0 radical (unpaired) electrons. The second-order valence-electron chi connectivity index (χ2n) is 3.87. The van der Waals surface area contributed by atoms with E-state index in [1.54, 1.807) is 18.2 Å². The number of hydrogen-bond acceptors (Lipinski definition) is 4. The third kappa shape index (κ3) is 2.36. The van der Waals surface area contributed by atoms with E-state index >= 15 is 0 Å². The van der Waals surface area contributed by atoms with Crippen LogP contribution in [0.3, 0.4) is 0 Å². The van der Waals surface area contributed by atoms with Gasteiger partial charge >= 0.3 is 0 Å². The molecule has 1 aromatic rings. The molecular formula is C14H15N3O. The second-order valence-corrected chi connectivity index (χ2v) is 3.87. The summed E-state index contributed by atoms with van der Waals surface area (Å²) in [7, 11) is 1.59. The summed E-state index contributed by atoms with van der Waals surface area (Å²) in [4.78, 5) is 0. The van der Waals surface area contributed by atoms with Crippen LogP contribution < -0.4 is 10.4 Å². The number of allylic oxidation sites excluding steroid dienone is 1. The lowest BCUT2D eigenvalue weighted by atomic mass is 10.2. The van der Waals surface area contributed by atoms with E-state index in [1.807, 2.05) is 43.3 Å². The van der Waals surface area contributed by atoms with Crippen molar-refractivity contribution in [2.24, 2.45) is 0 Å². The number of nitrogens with zero attached hydrogens (tertiary/aromatic N) is 2. The smallest absolute Gasteiger partial charge is 0.207 e. The zero-order valence-electron chi connectivity index (χ0n) is 10.4. The molecular weight excluding hydrogens is 226 g/mol. The molecule has 4 heteroatoms. The molecule has 0 fully saturated rings. The van der Waals surface area contributed by atoms with E-state index in [0.29, 0.717) is 5.88 Å². The quantitative estimate of drug-likeness (QED) is 0.883. The van der Waals surface area contributed by atoms with Gasteiger partial charge in [-0.15, -0.1) is 0 Å². The third-order valence-corrected chi connectivity index (χ3v) is 2.66. The Bertz CT molecular complexity index is 511. The lowest BCUT2D eigenvalue weighted by Crippen LogP contribution is -2.36. The molecule has 2 rings (SSSR count). The van der Waals surface area contributed by atoms with E-state index in [-0.39, 0.29) is 6.04 Å². The summed E-state index contributed by atoms with van der Waals surface area (Å²) in [6.45, 7) is 1.99. The van der Waals surface area contributed by atoms with Gasteiger partial charge in [0.15, 0.2) is 0 Å². The van der Waals surface area contributed by atoms with Gasteiger partial charge in [0.1, 0.15) is 6.04 Å². The van der Waals surface area contributed by atoms with Crippen LogP contribution in [-0.2, 0) is 4.74 Å². The maximum absolute atomic E-state index is 8.91. The van der Waals surface area contributed by atoms with Crippen molar-refractivity contribution in [3.8, 4) is 6.07 Å². The summed E-state index contributed by atoms with van der Waals surface area (Å²) in [5, 5.41) is 10.7. The zero-order valence-corrected chi connectivity index (χ0v) is 10.4. The molecule has 1 unspecified atom stereocenters. The highest BCUT2D eigenvalue weighted by molar-refractivity contribution is 5.58. The molecule has 0 aromatic heterocycles. The number of benzene rings is 1. The van der Waals surface area contributed by atoms with Crippen molar-refractivity contribution in [2.45, 2.75) is 13.0 Å².